The van der Waals surface area contributed by atoms with E-state index in [2.05, 4.69) is 5.32 Å². The maximum atomic E-state index is 12.6. The number of benzene rings is 1. The summed E-state index contributed by atoms with van der Waals surface area (Å²) in [6.45, 7) is 2.25. The Kier molecular flexibility index (Phi) is 3.95. The standard InChI is InChI=1S/C14H14F3NO/c1-10(13-6-3-7-19-13)18-9-11-4-2-5-12(8-11)14(15,16)17/h2-8,10,18H,9H2,1H3. The molecule has 102 valence electrons. The molecule has 2 rings (SSSR count). The van der Waals surface area contributed by atoms with Crippen LogP contribution in [-0.4, -0.2) is 0 Å². The first-order chi connectivity index (χ1) is 8.97. The van der Waals surface area contributed by atoms with Gasteiger partial charge < -0.3 is 9.73 Å². The highest BCUT2D eigenvalue weighted by Gasteiger charge is 2.30. The first-order valence-electron chi connectivity index (χ1n) is 5.90. The van der Waals surface area contributed by atoms with Gasteiger partial charge in [-0.2, -0.15) is 13.2 Å². The summed E-state index contributed by atoms with van der Waals surface area (Å²) in [4.78, 5) is 0. The lowest BCUT2D eigenvalue weighted by atomic mass is 10.1. The summed E-state index contributed by atoms with van der Waals surface area (Å²) < 4.78 is 42.9. The molecule has 0 radical (unpaired) electrons. The number of hydrogen-bond acceptors (Lipinski definition) is 2. The van der Waals surface area contributed by atoms with E-state index in [0.29, 0.717) is 12.1 Å². The summed E-state index contributed by atoms with van der Waals surface area (Å²) >= 11 is 0. The zero-order valence-electron chi connectivity index (χ0n) is 10.4. The van der Waals surface area contributed by atoms with Crippen LogP contribution >= 0.6 is 0 Å². The van der Waals surface area contributed by atoms with Crippen LogP contribution in [0.1, 0.15) is 29.9 Å². The topological polar surface area (TPSA) is 25.2 Å². The highest BCUT2D eigenvalue weighted by atomic mass is 19.4. The third-order valence-electron chi connectivity index (χ3n) is 2.84. The van der Waals surface area contributed by atoms with E-state index in [1.807, 2.05) is 13.0 Å². The van der Waals surface area contributed by atoms with Crippen LogP contribution in [0.4, 0.5) is 13.2 Å². The van der Waals surface area contributed by atoms with Crippen molar-refractivity contribution in [1.82, 2.24) is 5.32 Å². The predicted octanol–water partition coefficient (Wildman–Crippen LogP) is 4.15. The van der Waals surface area contributed by atoms with Crippen molar-refractivity contribution in [3.63, 3.8) is 0 Å². The van der Waals surface area contributed by atoms with Crippen LogP contribution in [0.25, 0.3) is 0 Å². The SMILES string of the molecule is CC(NCc1cccc(C(F)(F)F)c1)c1ccco1. The second kappa shape index (κ2) is 5.48. The van der Waals surface area contributed by atoms with Crippen LogP contribution < -0.4 is 5.32 Å². The monoisotopic (exact) mass is 269 g/mol. The van der Waals surface area contributed by atoms with Gasteiger partial charge >= 0.3 is 6.18 Å². The first kappa shape index (κ1) is 13.7. The number of furan rings is 1. The van der Waals surface area contributed by atoms with Crippen LogP contribution in [0.2, 0.25) is 0 Å². The molecule has 0 saturated heterocycles. The molecular weight excluding hydrogens is 255 g/mol. The maximum absolute atomic E-state index is 12.6. The number of halogens is 3. The molecule has 1 heterocycles. The Labute approximate surface area is 109 Å². The van der Waals surface area contributed by atoms with Gasteiger partial charge in [0, 0.05) is 6.54 Å². The van der Waals surface area contributed by atoms with Crippen molar-refractivity contribution >= 4 is 0 Å². The van der Waals surface area contributed by atoms with E-state index in [0.717, 1.165) is 17.9 Å². The lowest BCUT2D eigenvalue weighted by Gasteiger charge is -2.13. The average molecular weight is 269 g/mol. The van der Waals surface area contributed by atoms with E-state index in [1.165, 1.54) is 6.07 Å². The second-order valence-electron chi connectivity index (χ2n) is 4.32. The smallest absolute Gasteiger partial charge is 0.416 e. The second-order valence-corrected chi connectivity index (χ2v) is 4.32. The lowest BCUT2D eigenvalue weighted by Crippen LogP contribution is -2.18. The molecule has 0 spiro atoms. The van der Waals surface area contributed by atoms with Crippen molar-refractivity contribution in [1.29, 1.82) is 0 Å². The van der Waals surface area contributed by atoms with Crippen molar-refractivity contribution in [2.75, 3.05) is 0 Å². The molecular formula is C14H14F3NO. The molecule has 0 aliphatic rings. The van der Waals surface area contributed by atoms with Gasteiger partial charge in [-0.1, -0.05) is 18.2 Å². The molecule has 1 atom stereocenters. The lowest BCUT2D eigenvalue weighted by molar-refractivity contribution is -0.137. The Balaban J connectivity index is 2.00. The summed E-state index contributed by atoms with van der Waals surface area (Å²) in [7, 11) is 0. The number of hydrogen-bond donors (Lipinski definition) is 1. The predicted molar refractivity (Wildman–Crippen MR) is 65.4 cm³/mol. The molecule has 0 saturated carbocycles. The quantitative estimate of drug-likeness (QED) is 0.902. The molecule has 1 aromatic heterocycles. The normalized spacial score (nSPS) is 13.5. The van der Waals surface area contributed by atoms with E-state index in [1.54, 1.807) is 18.4 Å². The Morgan fingerprint density at radius 1 is 1.21 bits per heavy atom. The van der Waals surface area contributed by atoms with Crippen LogP contribution in [0.15, 0.2) is 47.1 Å². The van der Waals surface area contributed by atoms with Gasteiger partial charge in [0.1, 0.15) is 5.76 Å². The van der Waals surface area contributed by atoms with Gasteiger partial charge in [-0.05, 0) is 30.7 Å². The van der Waals surface area contributed by atoms with E-state index in [-0.39, 0.29) is 6.04 Å². The van der Waals surface area contributed by atoms with E-state index in [4.69, 9.17) is 4.42 Å². The van der Waals surface area contributed by atoms with Gasteiger partial charge in [0.2, 0.25) is 0 Å². The third kappa shape index (κ3) is 3.61. The van der Waals surface area contributed by atoms with Crippen molar-refractivity contribution < 1.29 is 17.6 Å². The maximum Gasteiger partial charge on any atom is 0.416 e. The van der Waals surface area contributed by atoms with E-state index in [9.17, 15) is 13.2 Å². The van der Waals surface area contributed by atoms with Crippen molar-refractivity contribution in [2.45, 2.75) is 25.7 Å². The molecule has 1 aromatic carbocycles. The Bertz CT molecular complexity index is 520. The highest BCUT2D eigenvalue weighted by molar-refractivity contribution is 5.25. The molecule has 1 N–H and O–H groups in total. The molecule has 2 nitrogen and oxygen atoms in total. The van der Waals surface area contributed by atoms with Crippen LogP contribution in [0, 0.1) is 0 Å². The van der Waals surface area contributed by atoms with Crippen LogP contribution in [0.5, 0.6) is 0 Å². The minimum absolute atomic E-state index is 0.0513. The summed E-state index contributed by atoms with van der Waals surface area (Å²) in [5, 5.41) is 3.12. The molecule has 2 aromatic rings. The summed E-state index contributed by atoms with van der Waals surface area (Å²) in [5.41, 5.74) is -0.0364. The molecule has 0 bridgehead atoms. The molecule has 0 fully saturated rings. The van der Waals surface area contributed by atoms with Gasteiger partial charge in [0.25, 0.3) is 0 Å². The van der Waals surface area contributed by atoms with Gasteiger partial charge in [-0.25, -0.2) is 0 Å². The zero-order chi connectivity index (χ0) is 13.9. The summed E-state index contributed by atoms with van der Waals surface area (Å²) in [6, 6.07) is 8.85. The Morgan fingerprint density at radius 3 is 2.63 bits per heavy atom. The largest absolute Gasteiger partial charge is 0.468 e. The van der Waals surface area contributed by atoms with Crippen LogP contribution in [-0.2, 0) is 12.7 Å². The highest BCUT2D eigenvalue weighted by Crippen LogP contribution is 2.29. The van der Waals surface area contributed by atoms with Gasteiger partial charge in [0.15, 0.2) is 0 Å². The number of alkyl halides is 3. The van der Waals surface area contributed by atoms with E-state index >= 15 is 0 Å². The van der Waals surface area contributed by atoms with Crippen LogP contribution in [0.3, 0.4) is 0 Å². The minimum atomic E-state index is -4.30. The molecule has 19 heavy (non-hydrogen) atoms. The van der Waals surface area contributed by atoms with Crippen molar-refractivity contribution in [3.05, 3.63) is 59.5 Å². The molecule has 0 amide bonds. The van der Waals surface area contributed by atoms with Gasteiger partial charge in [0.05, 0.1) is 17.9 Å². The number of rotatable bonds is 4. The molecule has 0 aliphatic carbocycles. The van der Waals surface area contributed by atoms with Crippen molar-refractivity contribution in [3.8, 4) is 0 Å². The zero-order valence-corrected chi connectivity index (χ0v) is 10.4. The minimum Gasteiger partial charge on any atom is -0.468 e. The molecule has 5 heteroatoms. The fourth-order valence-corrected chi connectivity index (χ4v) is 1.77. The molecule has 0 aliphatic heterocycles. The Hall–Kier alpha value is -1.75. The fraction of sp³-hybridized carbons (Fsp3) is 0.286. The van der Waals surface area contributed by atoms with E-state index < -0.39 is 11.7 Å². The number of nitrogens with one attached hydrogen (secondary N) is 1. The molecule has 1 unspecified atom stereocenters. The summed E-state index contributed by atoms with van der Waals surface area (Å²) in [6.07, 6.45) is -2.74. The van der Waals surface area contributed by atoms with Gasteiger partial charge in [-0.3, -0.25) is 0 Å². The first-order valence-corrected chi connectivity index (χ1v) is 5.90. The van der Waals surface area contributed by atoms with Gasteiger partial charge in [-0.15, -0.1) is 0 Å². The average Bonchev–Trinajstić information content (AvgIpc) is 2.89. The fourth-order valence-electron chi connectivity index (χ4n) is 1.77. The summed E-state index contributed by atoms with van der Waals surface area (Å²) in [5.74, 6) is 0.756. The Morgan fingerprint density at radius 2 is 2.00 bits per heavy atom. The third-order valence-corrected chi connectivity index (χ3v) is 2.84. The van der Waals surface area contributed by atoms with Crippen molar-refractivity contribution in [2.24, 2.45) is 0 Å².